The number of aliphatic hydroxyl groups excluding tert-OH is 1. The molecule has 0 saturated carbocycles. The number of rotatable bonds is 5. The highest BCUT2D eigenvalue weighted by Crippen LogP contribution is 2.22. The van der Waals surface area contributed by atoms with Crippen LogP contribution in [0.1, 0.15) is 17.5 Å². The van der Waals surface area contributed by atoms with Crippen LogP contribution in [0.2, 0.25) is 0 Å². The lowest BCUT2D eigenvalue weighted by Gasteiger charge is -2.11. The van der Waals surface area contributed by atoms with Crippen molar-refractivity contribution in [2.75, 3.05) is 20.1 Å². The molecule has 0 bridgehead atoms. The first kappa shape index (κ1) is 16.0. The third-order valence-corrected chi connectivity index (χ3v) is 3.69. The van der Waals surface area contributed by atoms with Crippen LogP contribution in [0, 0.1) is 12.9 Å². The fraction of sp³-hybridized carbons (Fsp3) is 0.375. The highest BCUT2D eigenvalue weighted by atomic mass is 19.1. The van der Waals surface area contributed by atoms with Gasteiger partial charge in [-0.05, 0) is 25.3 Å². The van der Waals surface area contributed by atoms with Gasteiger partial charge < -0.3 is 15.3 Å². The van der Waals surface area contributed by atoms with Gasteiger partial charge in [0, 0.05) is 25.4 Å². The second-order valence-corrected chi connectivity index (χ2v) is 5.44. The second kappa shape index (κ2) is 6.60. The molecule has 2 heterocycles. The first-order valence-electron chi connectivity index (χ1n) is 7.12. The van der Waals surface area contributed by atoms with E-state index in [0.29, 0.717) is 42.8 Å². The fourth-order valence-corrected chi connectivity index (χ4v) is 2.30. The Bertz CT molecular complexity index is 640. The minimum atomic E-state index is -0.454. The number of hydrogen-bond donors (Lipinski definition) is 2. The van der Waals surface area contributed by atoms with Crippen LogP contribution < -0.4 is 5.32 Å². The topological polar surface area (TPSA) is 65.5 Å². The number of pyridine rings is 1. The first-order chi connectivity index (χ1) is 10.4. The number of hydrogen-bond acceptors (Lipinski definition) is 4. The number of carbonyl (C=O) groups excluding carboxylic acids is 1. The van der Waals surface area contributed by atoms with Crippen molar-refractivity contribution in [3.05, 3.63) is 52.9 Å². The summed E-state index contributed by atoms with van der Waals surface area (Å²) in [4.78, 5) is 17.4. The maximum Gasteiger partial charge on any atom is 0.252 e. The van der Waals surface area contributed by atoms with Crippen LogP contribution in [-0.2, 0) is 11.2 Å². The minimum Gasteiger partial charge on any atom is -0.505 e. The molecule has 0 radical (unpaired) electrons. The molecule has 1 aliphatic rings. The van der Waals surface area contributed by atoms with Gasteiger partial charge in [0.2, 0.25) is 5.95 Å². The number of nitrogens with one attached hydrogen (secondary N) is 1. The van der Waals surface area contributed by atoms with Gasteiger partial charge in [0.25, 0.3) is 5.91 Å². The summed E-state index contributed by atoms with van der Waals surface area (Å²) in [5, 5.41) is 12.6. The zero-order valence-electron chi connectivity index (χ0n) is 12.8. The van der Waals surface area contributed by atoms with Gasteiger partial charge in [-0.2, -0.15) is 4.39 Å². The van der Waals surface area contributed by atoms with E-state index in [1.54, 1.807) is 24.9 Å². The lowest BCUT2D eigenvalue weighted by atomic mass is 10.1. The Balaban J connectivity index is 1.80. The maximum atomic E-state index is 13.1. The molecule has 0 aliphatic carbocycles. The number of aliphatic hydroxyl groups is 1. The van der Waals surface area contributed by atoms with Crippen molar-refractivity contribution in [1.82, 2.24) is 15.2 Å². The van der Waals surface area contributed by atoms with Gasteiger partial charge in [-0.3, -0.25) is 4.79 Å². The standard InChI is InChI=1S/C16H20FN3O2/c1-10-7-12(8-19-15(10)17)5-4-6-18-16(22)13-9-20(3)11(2)14(13)21/h7-8,21H,2,4-6,9H2,1,3H3,(H,18,22). The monoisotopic (exact) mass is 305 g/mol. The second-order valence-electron chi connectivity index (χ2n) is 5.44. The minimum absolute atomic E-state index is 0.0432. The van der Waals surface area contributed by atoms with Crippen molar-refractivity contribution < 1.29 is 14.3 Å². The molecule has 6 heteroatoms. The van der Waals surface area contributed by atoms with E-state index in [9.17, 15) is 14.3 Å². The average Bonchev–Trinajstić information content (AvgIpc) is 2.74. The molecule has 22 heavy (non-hydrogen) atoms. The third-order valence-electron chi connectivity index (χ3n) is 3.69. The largest absolute Gasteiger partial charge is 0.505 e. The fourth-order valence-electron chi connectivity index (χ4n) is 2.30. The summed E-state index contributed by atoms with van der Waals surface area (Å²) in [6.45, 7) is 6.21. The number of aryl methyl sites for hydroxylation is 2. The molecule has 0 unspecified atom stereocenters. The number of halogens is 1. The third kappa shape index (κ3) is 3.44. The van der Waals surface area contributed by atoms with Crippen LogP contribution >= 0.6 is 0 Å². The number of amides is 1. The smallest absolute Gasteiger partial charge is 0.252 e. The van der Waals surface area contributed by atoms with Gasteiger partial charge in [0.05, 0.1) is 17.8 Å². The highest BCUT2D eigenvalue weighted by Gasteiger charge is 2.26. The molecule has 2 N–H and O–H groups in total. The van der Waals surface area contributed by atoms with E-state index in [1.165, 1.54) is 6.20 Å². The quantitative estimate of drug-likeness (QED) is 0.643. The van der Waals surface area contributed by atoms with E-state index in [-0.39, 0.29) is 11.7 Å². The molecule has 0 atom stereocenters. The summed E-state index contributed by atoms with van der Waals surface area (Å²) >= 11 is 0. The van der Waals surface area contributed by atoms with Gasteiger partial charge in [0.15, 0.2) is 0 Å². The van der Waals surface area contributed by atoms with Crippen molar-refractivity contribution in [3.8, 4) is 0 Å². The molecule has 2 rings (SSSR count). The molecule has 0 spiro atoms. The van der Waals surface area contributed by atoms with Crippen molar-refractivity contribution in [3.63, 3.8) is 0 Å². The van der Waals surface area contributed by atoms with E-state index in [2.05, 4.69) is 16.9 Å². The van der Waals surface area contributed by atoms with Crippen molar-refractivity contribution in [2.45, 2.75) is 19.8 Å². The van der Waals surface area contributed by atoms with E-state index in [1.807, 2.05) is 0 Å². The lowest BCUT2D eigenvalue weighted by molar-refractivity contribution is -0.117. The molecule has 0 fully saturated rings. The number of likely N-dealkylation sites (N-methyl/N-ethyl adjacent to an activating group) is 1. The predicted octanol–water partition coefficient (Wildman–Crippen LogP) is 1.85. The summed E-state index contributed by atoms with van der Waals surface area (Å²) in [5.41, 5.74) is 2.25. The van der Waals surface area contributed by atoms with Gasteiger partial charge in [0.1, 0.15) is 5.76 Å². The Morgan fingerprint density at radius 1 is 1.59 bits per heavy atom. The molecular formula is C16H20FN3O2. The summed E-state index contributed by atoms with van der Waals surface area (Å²) in [7, 11) is 1.77. The van der Waals surface area contributed by atoms with Gasteiger partial charge in [-0.25, -0.2) is 4.98 Å². The Morgan fingerprint density at radius 2 is 2.32 bits per heavy atom. The normalized spacial score (nSPS) is 14.7. The Hall–Kier alpha value is -2.37. The molecule has 5 nitrogen and oxygen atoms in total. The summed E-state index contributed by atoms with van der Waals surface area (Å²) in [6, 6.07) is 1.76. The average molecular weight is 305 g/mol. The number of aromatic nitrogens is 1. The van der Waals surface area contributed by atoms with Crippen LogP contribution in [0.5, 0.6) is 0 Å². The van der Waals surface area contributed by atoms with Gasteiger partial charge in [-0.1, -0.05) is 12.6 Å². The Kier molecular flexibility index (Phi) is 4.80. The summed E-state index contributed by atoms with van der Waals surface area (Å²) < 4.78 is 13.1. The number of carbonyl (C=O) groups is 1. The molecule has 1 aromatic heterocycles. The van der Waals surface area contributed by atoms with E-state index >= 15 is 0 Å². The summed E-state index contributed by atoms with van der Waals surface area (Å²) in [6.07, 6.45) is 2.92. The molecule has 118 valence electrons. The zero-order chi connectivity index (χ0) is 16.3. The molecule has 1 amide bonds. The first-order valence-corrected chi connectivity index (χ1v) is 7.12. The van der Waals surface area contributed by atoms with Gasteiger partial charge >= 0.3 is 0 Å². The Labute approximate surface area is 129 Å². The van der Waals surface area contributed by atoms with Crippen molar-refractivity contribution in [1.29, 1.82) is 0 Å². The van der Waals surface area contributed by atoms with E-state index in [4.69, 9.17) is 0 Å². The maximum absolute atomic E-state index is 13.1. The van der Waals surface area contributed by atoms with E-state index in [0.717, 1.165) is 5.56 Å². The van der Waals surface area contributed by atoms with Crippen LogP contribution in [0.15, 0.2) is 35.9 Å². The number of nitrogens with zero attached hydrogens (tertiary/aromatic N) is 2. The molecule has 0 saturated heterocycles. The van der Waals surface area contributed by atoms with E-state index < -0.39 is 5.95 Å². The highest BCUT2D eigenvalue weighted by molar-refractivity contribution is 5.95. The van der Waals surface area contributed by atoms with Crippen LogP contribution in [0.3, 0.4) is 0 Å². The zero-order valence-corrected chi connectivity index (χ0v) is 12.8. The van der Waals surface area contributed by atoms with Crippen molar-refractivity contribution >= 4 is 5.91 Å². The molecule has 1 aliphatic heterocycles. The van der Waals surface area contributed by atoms with Crippen LogP contribution in [0.25, 0.3) is 0 Å². The Morgan fingerprint density at radius 3 is 2.91 bits per heavy atom. The SMILES string of the molecule is C=C1C(O)=C(C(=O)NCCCc2cnc(F)c(C)c2)CN1C. The lowest BCUT2D eigenvalue weighted by Crippen LogP contribution is -2.28. The molecule has 1 aromatic rings. The van der Waals surface area contributed by atoms with Crippen molar-refractivity contribution in [2.24, 2.45) is 0 Å². The predicted molar refractivity (Wildman–Crippen MR) is 81.7 cm³/mol. The molecular weight excluding hydrogens is 285 g/mol. The van der Waals surface area contributed by atoms with Crippen LogP contribution in [-0.4, -0.2) is 41.0 Å². The molecule has 0 aromatic carbocycles. The van der Waals surface area contributed by atoms with Gasteiger partial charge in [-0.15, -0.1) is 0 Å². The summed E-state index contributed by atoms with van der Waals surface area (Å²) in [5.74, 6) is -0.778. The van der Waals surface area contributed by atoms with Crippen LogP contribution in [0.4, 0.5) is 4.39 Å².